The van der Waals surface area contributed by atoms with E-state index in [-0.39, 0.29) is 0 Å². The molecule has 0 bridgehead atoms. The third-order valence-electron chi connectivity index (χ3n) is 11.0. The maximum Gasteiger partial charge on any atom is 0.235 e. The first-order valence-electron chi connectivity index (χ1n) is 18.2. The molecule has 0 aliphatic heterocycles. The Kier molecular flexibility index (Phi) is 6.18. The molecule has 12 aromatic rings. The van der Waals surface area contributed by atoms with Crippen LogP contribution in [0.4, 0.5) is 0 Å². The van der Waals surface area contributed by atoms with Crippen molar-refractivity contribution in [3.05, 3.63) is 170 Å². The number of nitrogens with zero attached hydrogens (tertiary/aromatic N) is 4. The second kappa shape index (κ2) is 11.3. The van der Waals surface area contributed by atoms with Crippen LogP contribution in [0.25, 0.3) is 114 Å². The maximum atomic E-state index is 5.67. The number of hydrogen-bond donors (Lipinski definition) is 0. The van der Waals surface area contributed by atoms with E-state index >= 15 is 0 Å². The highest BCUT2D eigenvalue weighted by molar-refractivity contribution is 7.27. The Morgan fingerprint density at radius 1 is 0.444 bits per heavy atom. The first kappa shape index (κ1) is 29.6. The molecule has 8 aromatic carbocycles. The van der Waals surface area contributed by atoms with E-state index < -0.39 is 0 Å². The molecule has 0 aliphatic carbocycles. The molecule has 0 atom stereocenters. The summed E-state index contributed by atoms with van der Waals surface area (Å²) in [6, 6.07) is 58.4. The van der Waals surface area contributed by atoms with Crippen LogP contribution in [-0.2, 0) is 0 Å². The Morgan fingerprint density at radius 3 is 1.83 bits per heavy atom. The molecule has 250 valence electrons. The second-order valence-corrected chi connectivity index (χ2v) is 15.0. The lowest BCUT2D eigenvalue weighted by Gasteiger charge is -2.16. The molecule has 12 rings (SSSR count). The number of aromatic nitrogens is 4. The molecule has 4 heterocycles. The first-order valence-corrected chi connectivity index (χ1v) is 19.0. The van der Waals surface area contributed by atoms with Gasteiger partial charge in [0.05, 0.1) is 32.6 Å². The van der Waals surface area contributed by atoms with Gasteiger partial charge in [0.1, 0.15) is 0 Å². The second-order valence-electron chi connectivity index (χ2n) is 13.9. The molecule has 0 N–H and O–H groups in total. The lowest BCUT2D eigenvalue weighted by Crippen LogP contribution is -2.04. The molecule has 0 radical (unpaired) electrons. The number of fused-ring (bicyclic) bond motifs is 16. The van der Waals surface area contributed by atoms with Crippen molar-refractivity contribution < 1.29 is 0 Å². The zero-order valence-electron chi connectivity index (χ0n) is 28.9. The summed E-state index contributed by atoms with van der Waals surface area (Å²) in [5, 5.41) is 13.1. The van der Waals surface area contributed by atoms with Crippen molar-refractivity contribution in [3.63, 3.8) is 0 Å². The molecule has 0 aliphatic rings. The predicted octanol–water partition coefficient (Wildman–Crippen LogP) is 13.3. The van der Waals surface area contributed by atoms with E-state index in [1.54, 1.807) is 0 Å². The van der Waals surface area contributed by atoms with Crippen molar-refractivity contribution in [3.8, 4) is 28.5 Å². The summed E-state index contributed by atoms with van der Waals surface area (Å²) >= 11 is 1.85. The highest BCUT2D eigenvalue weighted by Gasteiger charge is 2.25. The minimum atomic E-state index is 0.647. The van der Waals surface area contributed by atoms with Gasteiger partial charge in [-0.3, -0.25) is 9.55 Å². The van der Waals surface area contributed by atoms with Gasteiger partial charge in [0.15, 0.2) is 0 Å². The quantitative estimate of drug-likeness (QED) is 0.172. The van der Waals surface area contributed by atoms with Gasteiger partial charge in [-0.1, -0.05) is 140 Å². The molecular formula is C49H28N4S. The molecule has 0 saturated heterocycles. The van der Waals surface area contributed by atoms with E-state index in [1.165, 1.54) is 47.1 Å². The Balaban J connectivity index is 1.34. The lowest BCUT2D eigenvalue weighted by molar-refractivity contribution is 1.02. The lowest BCUT2D eigenvalue weighted by atomic mass is 9.94. The largest absolute Gasteiger partial charge is 0.276 e. The van der Waals surface area contributed by atoms with Crippen molar-refractivity contribution in [2.24, 2.45) is 0 Å². The van der Waals surface area contributed by atoms with Crippen molar-refractivity contribution in [2.45, 2.75) is 0 Å². The molecule has 4 aromatic heterocycles. The van der Waals surface area contributed by atoms with Crippen molar-refractivity contribution in [1.82, 2.24) is 19.5 Å². The Morgan fingerprint density at radius 2 is 1.07 bits per heavy atom. The average Bonchev–Trinajstić information content (AvgIpc) is 3.81. The maximum absolute atomic E-state index is 5.67. The molecular weight excluding hydrogens is 677 g/mol. The zero-order valence-corrected chi connectivity index (χ0v) is 29.7. The fraction of sp³-hybridized carbons (Fsp3) is 0. The number of hydrogen-bond acceptors (Lipinski definition) is 4. The van der Waals surface area contributed by atoms with Gasteiger partial charge in [-0.2, -0.15) is 0 Å². The fourth-order valence-electron chi connectivity index (χ4n) is 8.74. The minimum Gasteiger partial charge on any atom is -0.276 e. The number of benzene rings is 8. The topological polar surface area (TPSA) is 43.6 Å². The predicted molar refractivity (Wildman–Crippen MR) is 228 cm³/mol. The highest BCUT2D eigenvalue weighted by Crippen LogP contribution is 2.48. The Bertz CT molecular complexity index is 3490. The number of rotatable bonds is 3. The molecule has 0 spiro atoms. The minimum absolute atomic E-state index is 0.647. The first-order chi connectivity index (χ1) is 26.8. The molecule has 5 heteroatoms. The van der Waals surface area contributed by atoms with E-state index in [0.717, 1.165) is 60.6 Å². The summed E-state index contributed by atoms with van der Waals surface area (Å²) in [6.07, 6.45) is 1.86. The summed E-state index contributed by atoms with van der Waals surface area (Å²) in [6.45, 7) is 0. The van der Waals surface area contributed by atoms with Crippen molar-refractivity contribution >= 4 is 96.5 Å². The van der Waals surface area contributed by atoms with Gasteiger partial charge in [-0.15, -0.1) is 11.3 Å². The van der Waals surface area contributed by atoms with Gasteiger partial charge in [0.2, 0.25) is 5.95 Å². The van der Waals surface area contributed by atoms with E-state index in [0.29, 0.717) is 5.95 Å². The molecule has 0 saturated carbocycles. The van der Waals surface area contributed by atoms with Gasteiger partial charge in [-0.25, -0.2) is 9.97 Å². The average molecular weight is 705 g/mol. The number of pyridine rings is 1. The SMILES string of the molecule is c1ccc(-c2nc(-n3c4cc(-c5ccccn5)ccc4c4c5ccccc5c5c6ccccc6sc5c43)nc3c4ccccc4c4ccccc4c23)cc1. The van der Waals surface area contributed by atoms with Crippen LogP contribution in [0, 0.1) is 0 Å². The summed E-state index contributed by atoms with van der Waals surface area (Å²) in [5.41, 5.74) is 7.06. The van der Waals surface area contributed by atoms with Crippen LogP contribution in [0.1, 0.15) is 0 Å². The van der Waals surface area contributed by atoms with Crippen LogP contribution in [0.15, 0.2) is 170 Å². The van der Waals surface area contributed by atoms with E-state index in [1.807, 2.05) is 29.7 Å². The standard InChI is InChI=1S/C49H28N4S/c1-2-14-29(15-3-1)45-44-33-18-6-4-16-31(33)32-17-5-9-21-36(32)46(44)52-49(51-45)53-40-28-30(39-23-12-13-27-50-39)25-26-37(40)42-34-19-7-8-20-35(34)43-38-22-10-11-24-41(38)54-48(43)47(42)53/h1-28H. The van der Waals surface area contributed by atoms with Gasteiger partial charge in [-0.05, 0) is 51.2 Å². The number of thiophene rings is 1. The summed E-state index contributed by atoms with van der Waals surface area (Å²) < 4.78 is 4.84. The fourth-order valence-corrected chi connectivity index (χ4v) is 10.00. The third kappa shape index (κ3) is 4.10. The molecule has 0 unspecified atom stereocenters. The summed E-state index contributed by atoms with van der Waals surface area (Å²) in [7, 11) is 0. The smallest absolute Gasteiger partial charge is 0.235 e. The summed E-state index contributed by atoms with van der Waals surface area (Å²) in [5.74, 6) is 0.647. The van der Waals surface area contributed by atoms with Gasteiger partial charge in [0.25, 0.3) is 0 Å². The normalized spacial score (nSPS) is 12.1. The van der Waals surface area contributed by atoms with Crippen LogP contribution in [0.3, 0.4) is 0 Å². The van der Waals surface area contributed by atoms with Crippen LogP contribution < -0.4 is 0 Å². The van der Waals surface area contributed by atoms with Gasteiger partial charge < -0.3 is 0 Å². The van der Waals surface area contributed by atoms with Crippen molar-refractivity contribution in [2.75, 3.05) is 0 Å². The van der Waals surface area contributed by atoms with Gasteiger partial charge >= 0.3 is 0 Å². The monoisotopic (exact) mass is 704 g/mol. The van der Waals surface area contributed by atoms with Crippen LogP contribution in [0.2, 0.25) is 0 Å². The molecule has 0 fully saturated rings. The molecule has 4 nitrogen and oxygen atoms in total. The Hall–Kier alpha value is -6.95. The summed E-state index contributed by atoms with van der Waals surface area (Å²) in [4.78, 5) is 16.1. The zero-order chi connectivity index (χ0) is 35.3. The van der Waals surface area contributed by atoms with Crippen LogP contribution in [-0.4, -0.2) is 19.5 Å². The van der Waals surface area contributed by atoms with Crippen molar-refractivity contribution in [1.29, 1.82) is 0 Å². The highest BCUT2D eigenvalue weighted by atomic mass is 32.1. The van der Waals surface area contributed by atoms with E-state index in [9.17, 15) is 0 Å². The van der Waals surface area contributed by atoms with E-state index in [4.69, 9.17) is 15.0 Å². The Labute approximate surface area is 313 Å². The molecule has 54 heavy (non-hydrogen) atoms. The van der Waals surface area contributed by atoms with Crippen LogP contribution >= 0.6 is 11.3 Å². The van der Waals surface area contributed by atoms with Gasteiger partial charge in [0, 0.05) is 54.3 Å². The third-order valence-corrected chi connectivity index (χ3v) is 12.2. The van der Waals surface area contributed by atoms with E-state index in [2.05, 4.69) is 156 Å². The van der Waals surface area contributed by atoms with Crippen LogP contribution in [0.5, 0.6) is 0 Å². The molecule has 0 amide bonds.